The molecule has 3 aromatic rings. The number of methoxy groups -OCH3 is 1. The van der Waals surface area contributed by atoms with Gasteiger partial charge in [0.1, 0.15) is 17.5 Å². The third-order valence-corrected chi connectivity index (χ3v) is 5.73. The number of quaternary nitrogens is 1. The Kier molecular flexibility index (Phi) is 10.5. The summed E-state index contributed by atoms with van der Waals surface area (Å²) in [4.78, 5) is 29.6. The Morgan fingerprint density at radius 3 is 2.15 bits per heavy atom. The Bertz CT molecular complexity index is 1110. The van der Waals surface area contributed by atoms with Crippen LogP contribution in [0.5, 0.6) is 5.75 Å². The quantitative estimate of drug-likeness (QED) is 0.352. The van der Waals surface area contributed by atoms with Crippen molar-refractivity contribution in [2.24, 2.45) is 0 Å². The molecule has 0 saturated heterocycles. The zero-order valence-corrected chi connectivity index (χ0v) is 21.1. The normalized spacial score (nSPS) is 10.6. The van der Waals surface area contributed by atoms with Crippen molar-refractivity contribution in [2.45, 2.75) is 26.7 Å². The number of nitrogens with zero attached hydrogens (tertiary/aromatic N) is 3. The summed E-state index contributed by atoms with van der Waals surface area (Å²) in [6, 6.07) is 11.1. The highest BCUT2D eigenvalue weighted by atomic mass is 35.5. The van der Waals surface area contributed by atoms with Crippen molar-refractivity contribution in [3.63, 3.8) is 0 Å². The summed E-state index contributed by atoms with van der Waals surface area (Å²) in [5.74, 6) is -1.75. The lowest BCUT2D eigenvalue weighted by Crippen LogP contribution is -3.11. The number of hydrogen-bond donors (Lipinski definition) is 1. The minimum absolute atomic E-state index is 0.112. The second-order valence-electron chi connectivity index (χ2n) is 7.21. The van der Waals surface area contributed by atoms with Gasteiger partial charge in [-0.2, -0.15) is 0 Å². The number of ether oxygens (including phenoxy) is 1. The minimum Gasteiger partial charge on any atom is -0.541 e. The SMILES string of the molecule is CC[NH+](CC)CC.COc1ccc(C(=O)c2cc(Cl)ccc2-n2nc(C(=O)[O-])nc2CCl)cc1. The zero-order chi connectivity index (χ0) is 25.3. The number of aromatic nitrogens is 3. The summed E-state index contributed by atoms with van der Waals surface area (Å²) < 4.78 is 6.29. The first-order valence-electron chi connectivity index (χ1n) is 10.8. The molecule has 8 nitrogen and oxygen atoms in total. The topological polar surface area (TPSA) is 102 Å². The van der Waals surface area contributed by atoms with Gasteiger partial charge in [-0.25, -0.2) is 9.67 Å². The highest BCUT2D eigenvalue weighted by molar-refractivity contribution is 6.31. The van der Waals surface area contributed by atoms with Crippen LogP contribution in [0.2, 0.25) is 5.02 Å². The van der Waals surface area contributed by atoms with Gasteiger partial charge in [0.2, 0.25) is 0 Å². The van der Waals surface area contributed by atoms with Crippen molar-refractivity contribution in [1.29, 1.82) is 0 Å². The number of carboxylic acids is 1. The van der Waals surface area contributed by atoms with Crippen LogP contribution in [-0.2, 0) is 5.88 Å². The number of carbonyl (C=O) groups is 2. The number of benzene rings is 2. The van der Waals surface area contributed by atoms with Crippen molar-refractivity contribution in [3.8, 4) is 11.4 Å². The van der Waals surface area contributed by atoms with E-state index in [9.17, 15) is 14.7 Å². The van der Waals surface area contributed by atoms with Gasteiger partial charge in [0.25, 0.3) is 0 Å². The predicted octanol–water partition coefficient (Wildman–Crippen LogP) is 2.19. The number of ketones is 1. The second-order valence-corrected chi connectivity index (χ2v) is 7.92. The molecule has 1 aromatic heterocycles. The van der Waals surface area contributed by atoms with E-state index >= 15 is 0 Å². The molecular weight excluding hydrogens is 479 g/mol. The fourth-order valence-corrected chi connectivity index (χ4v) is 3.58. The maximum atomic E-state index is 13.0. The number of carboxylic acid groups (broad SMARTS) is 1. The number of aromatic carboxylic acids is 1. The molecule has 0 amide bonds. The van der Waals surface area contributed by atoms with Gasteiger partial charge in [-0.1, -0.05) is 11.6 Å². The van der Waals surface area contributed by atoms with Crippen molar-refractivity contribution in [2.75, 3.05) is 26.7 Å². The van der Waals surface area contributed by atoms with E-state index in [0.29, 0.717) is 22.0 Å². The van der Waals surface area contributed by atoms with Gasteiger partial charge in [0.15, 0.2) is 11.6 Å². The molecule has 3 rings (SSSR count). The van der Waals surface area contributed by atoms with Gasteiger partial charge in [-0.15, -0.1) is 16.7 Å². The third kappa shape index (κ3) is 6.79. The van der Waals surface area contributed by atoms with Crippen LogP contribution >= 0.6 is 23.2 Å². The Hall–Kier alpha value is -2.94. The molecule has 182 valence electrons. The molecule has 0 spiro atoms. The lowest BCUT2D eigenvalue weighted by molar-refractivity contribution is -0.894. The number of carbonyl (C=O) groups excluding carboxylic acids is 2. The van der Waals surface area contributed by atoms with E-state index in [-0.39, 0.29) is 23.1 Å². The summed E-state index contributed by atoms with van der Waals surface area (Å²) in [7, 11) is 1.53. The van der Waals surface area contributed by atoms with Gasteiger partial charge in [0.05, 0.1) is 38.3 Å². The van der Waals surface area contributed by atoms with Crippen molar-refractivity contribution < 1.29 is 24.3 Å². The second kappa shape index (κ2) is 13.1. The van der Waals surface area contributed by atoms with Crippen LogP contribution in [-0.4, -0.2) is 53.3 Å². The molecule has 1 heterocycles. The number of alkyl halides is 1. The molecule has 2 aromatic carbocycles. The first-order valence-corrected chi connectivity index (χ1v) is 11.8. The van der Waals surface area contributed by atoms with E-state index in [2.05, 4.69) is 30.9 Å². The number of halogens is 2. The minimum atomic E-state index is -1.54. The summed E-state index contributed by atoms with van der Waals surface area (Å²) in [6.45, 7) is 10.5. The summed E-state index contributed by atoms with van der Waals surface area (Å²) in [6.07, 6.45) is 0. The lowest BCUT2D eigenvalue weighted by atomic mass is 10.0. The molecule has 1 N–H and O–H groups in total. The number of nitrogens with one attached hydrogen (secondary N) is 1. The van der Waals surface area contributed by atoms with Crippen LogP contribution in [0.3, 0.4) is 0 Å². The molecule has 0 saturated carbocycles. The van der Waals surface area contributed by atoms with Crippen molar-refractivity contribution in [3.05, 3.63) is 70.3 Å². The van der Waals surface area contributed by atoms with Crippen LogP contribution < -0.4 is 14.7 Å². The fourth-order valence-electron chi connectivity index (χ4n) is 3.23. The Morgan fingerprint density at radius 2 is 1.68 bits per heavy atom. The monoisotopic (exact) mass is 506 g/mol. The molecule has 0 aliphatic carbocycles. The predicted molar refractivity (Wildman–Crippen MR) is 129 cm³/mol. The fraction of sp³-hybridized carbons (Fsp3) is 0.333. The van der Waals surface area contributed by atoms with Crippen LogP contribution in [0.25, 0.3) is 5.69 Å². The Labute approximate surface area is 209 Å². The number of rotatable bonds is 9. The standard InChI is InChI=1S/C18H13Cl2N3O4.C6H15N/c1-27-12-5-2-10(3-6-12)16(24)13-8-11(20)4-7-14(13)23-15(9-19)21-17(22-23)18(25)26;1-4-7(5-2)6-3/h2-8H,9H2,1H3,(H,25,26);4-6H2,1-3H3. The summed E-state index contributed by atoms with van der Waals surface area (Å²) in [5.41, 5.74) is 0.914. The largest absolute Gasteiger partial charge is 0.541 e. The maximum Gasteiger partial charge on any atom is 0.197 e. The lowest BCUT2D eigenvalue weighted by Gasteiger charge is -2.11. The van der Waals surface area contributed by atoms with Gasteiger partial charge < -0.3 is 19.5 Å². The van der Waals surface area contributed by atoms with E-state index in [0.717, 1.165) is 0 Å². The van der Waals surface area contributed by atoms with E-state index in [1.165, 1.54) is 37.5 Å². The van der Waals surface area contributed by atoms with Crippen LogP contribution in [0.15, 0.2) is 42.5 Å². The van der Waals surface area contributed by atoms with Crippen LogP contribution in [0, 0.1) is 0 Å². The Morgan fingerprint density at radius 1 is 1.06 bits per heavy atom. The van der Waals surface area contributed by atoms with Crippen molar-refractivity contribution in [1.82, 2.24) is 14.8 Å². The Balaban J connectivity index is 0.000000509. The molecule has 10 heteroatoms. The summed E-state index contributed by atoms with van der Waals surface area (Å²) in [5, 5.41) is 15.3. The summed E-state index contributed by atoms with van der Waals surface area (Å²) >= 11 is 11.9. The molecule has 0 aliphatic rings. The third-order valence-electron chi connectivity index (χ3n) is 5.26. The molecule has 0 aliphatic heterocycles. The van der Waals surface area contributed by atoms with E-state index in [1.54, 1.807) is 41.3 Å². The maximum absolute atomic E-state index is 13.0. The molecule has 0 unspecified atom stereocenters. The molecule has 0 radical (unpaired) electrons. The smallest absolute Gasteiger partial charge is 0.197 e. The molecule has 0 bridgehead atoms. The molecule has 0 fully saturated rings. The van der Waals surface area contributed by atoms with Crippen molar-refractivity contribution >= 4 is 35.0 Å². The zero-order valence-electron chi connectivity index (χ0n) is 19.6. The first-order chi connectivity index (χ1) is 16.3. The van der Waals surface area contributed by atoms with E-state index < -0.39 is 11.8 Å². The van der Waals surface area contributed by atoms with Crippen LogP contribution in [0.1, 0.15) is 53.1 Å². The molecular formula is C24H28Cl2N4O4. The first kappa shape index (κ1) is 27.3. The number of hydrogen-bond acceptors (Lipinski definition) is 6. The molecule has 34 heavy (non-hydrogen) atoms. The highest BCUT2D eigenvalue weighted by Crippen LogP contribution is 2.25. The van der Waals surface area contributed by atoms with Crippen LogP contribution in [0.4, 0.5) is 0 Å². The van der Waals surface area contributed by atoms with Gasteiger partial charge in [0, 0.05) is 16.1 Å². The average molecular weight is 507 g/mol. The van der Waals surface area contributed by atoms with Gasteiger partial charge in [-0.3, -0.25) is 4.79 Å². The average Bonchev–Trinajstić information content (AvgIpc) is 3.30. The van der Waals surface area contributed by atoms with Gasteiger partial charge in [-0.05, 0) is 63.2 Å². The highest BCUT2D eigenvalue weighted by Gasteiger charge is 2.20. The van der Waals surface area contributed by atoms with Gasteiger partial charge >= 0.3 is 0 Å². The molecule has 0 atom stereocenters. The van der Waals surface area contributed by atoms with E-state index in [1.807, 2.05) is 0 Å². The van der Waals surface area contributed by atoms with E-state index in [4.69, 9.17) is 27.9 Å².